The number of ether oxygens (including phenoxy) is 1. The van der Waals surface area contributed by atoms with E-state index in [0.717, 1.165) is 5.56 Å². The van der Waals surface area contributed by atoms with E-state index >= 15 is 0 Å². The average Bonchev–Trinajstić information content (AvgIpc) is 3.03. The Morgan fingerprint density at radius 2 is 1.91 bits per heavy atom. The molecule has 0 saturated heterocycles. The van der Waals surface area contributed by atoms with E-state index in [2.05, 4.69) is 10.1 Å². The molecular weight excluding hydrogens is 318 g/mol. The van der Waals surface area contributed by atoms with Gasteiger partial charge in [-0.2, -0.15) is 4.98 Å². The molecule has 3 rings (SSSR count). The summed E-state index contributed by atoms with van der Waals surface area (Å²) in [4.78, 5) is 15.0. The van der Waals surface area contributed by atoms with Crippen LogP contribution in [0.2, 0.25) is 5.02 Å². The van der Waals surface area contributed by atoms with Crippen molar-refractivity contribution in [2.45, 2.75) is 0 Å². The lowest BCUT2D eigenvalue weighted by atomic mass is 10.2. The third-order valence-corrected chi connectivity index (χ3v) is 3.35. The predicted molar refractivity (Wildman–Crippen MR) is 84.9 cm³/mol. The summed E-state index contributed by atoms with van der Waals surface area (Å²) in [5, 5.41) is 4.49. The standard InChI is InChI=1S/C16H12ClN3O3/c17-13-4-2-1-3-12(13)16-19-15(20-23-16)10-5-7-11(8-6-10)22-9-14(18)21/h1-8H,9H2,(H2,18,21). The van der Waals surface area contributed by atoms with Crippen LogP contribution in [-0.2, 0) is 4.79 Å². The van der Waals surface area contributed by atoms with Gasteiger partial charge in [-0.05, 0) is 36.4 Å². The summed E-state index contributed by atoms with van der Waals surface area (Å²) in [5.74, 6) is 0.778. The molecule has 1 heterocycles. The number of aromatic nitrogens is 2. The van der Waals surface area contributed by atoms with Crippen LogP contribution in [0.4, 0.5) is 0 Å². The lowest BCUT2D eigenvalue weighted by Gasteiger charge is -2.03. The summed E-state index contributed by atoms with van der Waals surface area (Å²) < 4.78 is 10.4. The summed E-state index contributed by atoms with van der Waals surface area (Å²) in [7, 11) is 0. The van der Waals surface area contributed by atoms with E-state index in [-0.39, 0.29) is 6.61 Å². The second-order valence-corrected chi connectivity index (χ2v) is 5.09. The van der Waals surface area contributed by atoms with Gasteiger partial charge in [-0.1, -0.05) is 28.9 Å². The van der Waals surface area contributed by atoms with Crippen molar-refractivity contribution in [3.8, 4) is 28.6 Å². The molecular formula is C16H12ClN3O3. The van der Waals surface area contributed by atoms with Gasteiger partial charge < -0.3 is 15.0 Å². The predicted octanol–water partition coefficient (Wildman–Crippen LogP) is 2.92. The number of carbonyl (C=O) groups excluding carboxylic acids is 1. The molecule has 6 nitrogen and oxygen atoms in total. The number of primary amides is 1. The van der Waals surface area contributed by atoms with Crippen molar-refractivity contribution >= 4 is 17.5 Å². The van der Waals surface area contributed by atoms with E-state index in [4.69, 9.17) is 26.6 Å². The highest BCUT2D eigenvalue weighted by atomic mass is 35.5. The van der Waals surface area contributed by atoms with Gasteiger partial charge in [0.05, 0.1) is 10.6 Å². The van der Waals surface area contributed by atoms with E-state index in [0.29, 0.717) is 28.1 Å². The van der Waals surface area contributed by atoms with Crippen molar-refractivity contribution in [1.29, 1.82) is 0 Å². The van der Waals surface area contributed by atoms with Crippen molar-refractivity contribution in [3.05, 3.63) is 53.6 Å². The quantitative estimate of drug-likeness (QED) is 0.777. The fraction of sp³-hybridized carbons (Fsp3) is 0.0625. The van der Waals surface area contributed by atoms with Gasteiger partial charge in [0.2, 0.25) is 5.82 Å². The zero-order chi connectivity index (χ0) is 16.2. The van der Waals surface area contributed by atoms with Crippen molar-refractivity contribution in [2.24, 2.45) is 5.73 Å². The van der Waals surface area contributed by atoms with E-state index in [1.165, 1.54) is 0 Å². The Balaban J connectivity index is 1.80. The van der Waals surface area contributed by atoms with Crippen LogP contribution in [0.15, 0.2) is 53.1 Å². The van der Waals surface area contributed by atoms with Crippen LogP contribution < -0.4 is 10.5 Å². The summed E-state index contributed by atoms with van der Waals surface area (Å²) in [5.41, 5.74) is 6.45. The number of benzene rings is 2. The van der Waals surface area contributed by atoms with Gasteiger partial charge >= 0.3 is 0 Å². The maximum atomic E-state index is 10.7. The number of nitrogens with zero attached hydrogens (tertiary/aromatic N) is 2. The molecule has 0 unspecified atom stereocenters. The molecule has 0 aliphatic heterocycles. The Morgan fingerprint density at radius 3 is 2.61 bits per heavy atom. The molecule has 23 heavy (non-hydrogen) atoms. The molecule has 1 amide bonds. The number of hydrogen-bond acceptors (Lipinski definition) is 5. The third-order valence-electron chi connectivity index (χ3n) is 3.02. The molecule has 7 heteroatoms. The number of halogens is 1. The van der Waals surface area contributed by atoms with E-state index in [1.54, 1.807) is 36.4 Å². The van der Waals surface area contributed by atoms with Crippen LogP contribution in [0.25, 0.3) is 22.8 Å². The van der Waals surface area contributed by atoms with Gasteiger partial charge in [-0.15, -0.1) is 0 Å². The Kier molecular flexibility index (Phi) is 4.25. The molecule has 0 aliphatic rings. The normalized spacial score (nSPS) is 10.5. The first kappa shape index (κ1) is 15.1. The fourth-order valence-electron chi connectivity index (χ4n) is 1.94. The van der Waals surface area contributed by atoms with Gasteiger partial charge in [-0.25, -0.2) is 0 Å². The summed E-state index contributed by atoms with van der Waals surface area (Å²) in [6, 6.07) is 14.2. The van der Waals surface area contributed by atoms with Gasteiger partial charge in [0.25, 0.3) is 11.8 Å². The highest BCUT2D eigenvalue weighted by Gasteiger charge is 2.13. The molecule has 2 N–H and O–H groups in total. The molecule has 116 valence electrons. The molecule has 0 aliphatic carbocycles. The van der Waals surface area contributed by atoms with Crippen molar-refractivity contribution < 1.29 is 14.1 Å². The number of nitrogens with two attached hydrogens (primary N) is 1. The van der Waals surface area contributed by atoms with Crippen LogP contribution in [0.3, 0.4) is 0 Å². The minimum Gasteiger partial charge on any atom is -0.484 e. The van der Waals surface area contributed by atoms with Crippen LogP contribution >= 0.6 is 11.6 Å². The SMILES string of the molecule is NC(=O)COc1ccc(-c2noc(-c3ccccc3Cl)n2)cc1. The minimum atomic E-state index is -0.531. The Hall–Kier alpha value is -2.86. The molecule has 0 radical (unpaired) electrons. The molecule has 0 bridgehead atoms. The van der Waals surface area contributed by atoms with Crippen LogP contribution in [-0.4, -0.2) is 22.7 Å². The molecule has 1 aromatic heterocycles. The van der Waals surface area contributed by atoms with Crippen LogP contribution in [0.5, 0.6) is 5.75 Å². The zero-order valence-electron chi connectivity index (χ0n) is 11.9. The fourth-order valence-corrected chi connectivity index (χ4v) is 2.16. The third kappa shape index (κ3) is 3.49. The molecule has 0 fully saturated rings. The van der Waals surface area contributed by atoms with E-state index in [1.807, 2.05) is 12.1 Å². The lowest BCUT2D eigenvalue weighted by Crippen LogP contribution is -2.19. The van der Waals surface area contributed by atoms with Gasteiger partial charge in [0.1, 0.15) is 5.75 Å². The van der Waals surface area contributed by atoms with Crippen molar-refractivity contribution in [2.75, 3.05) is 6.61 Å². The number of amides is 1. The number of carbonyl (C=O) groups is 1. The maximum absolute atomic E-state index is 10.7. The van der Waals surface area contributed by atoms with E-state index in [9.17, 15) is 4.79 Å². The molecule has 0 spiro atoms. The maximum Gasteiger partial charge on any atom is 0.259 e. The van der Waals surface area contributed by atoms with Crippen molar-refractivity contribution in [3.63, 3.8) is 0 Å². The molecule has 3 aromatic rings. The average molecular weight is 330 g/mol. The van der Waals surface area contributed by atoms with Crippen LogP contribution in [0, 0.1) is 0 Å². The highest BCUT2D eigenvalue weighted by molar-refractivity contribution is 6.33. The number of hydrogen-bond donors (Lipinski definition) is 1. The van der Waals surface area contributed by atoms with Gasteiger partial charge in [-0.3, -0.25) is 4.79 Å². The topological polar surface area (TPSA) is 91.2 Å². The van der Waals surface area contributed by atoms with E-state index < -0.39 is 5.91 Å². The largest absolute Gasteiger partial charge is 0.484 e. The lowest BCUT2D eigenvalue weighted by molar-refractivity contribution is -0.119. The first-order valence-corrected chi connectivity index (χ1v) is 7.11. The minimum absolute atomic E-state index is 0.168. The monoisotopic (exact) mass is 329 g/mol. The number of rotatable bonds is 5. The molecule has 2 aromatic carbocycles. The molecule has 0 saturated carbocycles. The Morgan fingerprint density at radius 1 is 1.17 bits per heavy atom. The highest BCUT2D eigenvalue weighted by Crippen LogP contribution is 2.28. The zero-order valence-corrected chi connectivity index (χ0v) is 12.7. The first-order valence-electron chi connectivity index (χ1n) is 6.73. The second-order valence-electron chi connectivity index (χ2n) is 4.68. The Bertz CT molecular complexity index is 831. The van der Waals surface area contributed by atoms with Crippen LogP contribution in [0.1, 0.15) is 0 Å². The van der Waals surface area contributed by atoms with Crippen molar-refractivity contribution in [1.82, 2.24) is 10.1 Å². The summed E-state index contributed by atoms with van der Waals surface area (Å²) in [6.45, 7) is -0.168. The van der Waals surface area contributed by atoms with Gasteiger partial charge in [0.15, 0.2) is 6.61 Å². The summed E-state index contributed by atoms with van der Waals surface area (Å²) in [6.07, 6.45) is 0. The molecule has 0 atom stereocenters. The van der Waals surface area contributed by atoms with Gasteiger partial charge in [0, 0.05) is 5.56 Å². The second kappa shape index (κ2) is 6.50. The first-order chi connectivity index (χ1) is 11.1. The summed E-state index contributed by atoms with van der Waals surface area (Å²) >= 11 is 6.11. The Labute approximate surface area is 136 Å². The smallest absolute Gasteiger partial charge is 0.259 e.